The molecule has 1 aliphatic rings. The molecule has 0 amide bonds. The van der Waals surface area contributed by atoms with E-state index in [0.29, 0.717) is 11.5 Å². The van der Waals surface area contributed by atoms with Crippen molar-refractivity contribution in [3.05, 3.63) is 29.1 Å². The molecule has 0 saturated carbocycles. The van der Waals surface area contributed by atoms with Gasteiger partial charge in [-0.2, -0.15) is 5.10 Å². The van der Waals surface area contributed by atoms with Gasteiger partial charge in [0.15, 0.2) is 0 Å². The molecule has 0 spiro atoms. The van der Waals surface area contributed by atoms with Crippen molar-refractivity contribution in [1.29, 1.82) is 0 Å². The molecule has 0 aliphatic carbocycles. The van der Waals surface area contributed by atoms with E-state index in [1.807, 2.05) is 0 Å². The third-order valence-corrected chi connectivity index (χ3v) is 1.80. The van der Waals surface area contributed by atoms with E-state index in [9.17, 15) is 4.79 Å². The van der Waals surface area contributed by atoms with E-state index in [4.69, 9.17) is 11.6 Å². The van der Waals surface area contributed by atoms with Gasteiger partial charge in [-0.25, -0.2) is 4.68 Å². The Morgan fingerprint density at radius 1 is 1.64 bits per heavy atom. The molecule has 1 aromatic rings. The van der Waals surface area contributed by atoms with Gasteiger partial charge in [0.25, 0.3) is 5.91 Å². The average molecular weight is 169 g/mol. The molecule has 0 aromatic carbocycles. The van der Waals surface area contributed by atoms with Crippen LogP contribution in [-0.2, 0) is 6.42 Å². The first-order valence-electron chi connectivity index (χ1n) is 3.20. The highest BCUT2D eigenvalue weighted by Crippen LogP contribution is 2.16. The van der Waals surface area contributed by atoms with Crippen LogP contribution in [0.2, 0.25) is 0 Å². The van der Waals surface area contributed by atoms with Gasteiger partial charge in [0.1, 0.15) is 0 Å². The van der Waals surface area contributed by atoms with Crippen molar-refractivity contribution in [2.24, 2.45) is 0 Å². The molecule has 2 rings (SSSR count). The van der Waals surface area contributed by atoms with E-state index in [2.05, 4.69) is 5.10 Å². The third-order valence-electron chi connectivity index (χ3n) is 1.56. The molecule has 4 heteroatoms. The topological polar surface area (TPSA) is 34.9 Å². The minimum atomic E-state index is -0.166. The Morgan fingerprint density at radius 3 is 3.27 bits per heavy atom. The van der Waals surface area contributed by atoms with Crippen molar-refractivity contribution in [3.8, 4) is 0 Å². The molecule has 56 valence electrons. The summed E-state index contributed by atoms with van der Waals surface area (Å²) in [6.45, 7) is 0. The number of allylic oxidation sites excluding steroid dienone is 2. The number of carbonyl (C=O) groups excluding carboxylic acids is 1. The summed E-state index contributed by atoms with van der Waals surface area (Å²) in [5.41, 5.74) is 0.850. The highest BCUT2D eigenvalue weighted by molar-refractivity contribution is 6.31. The summed E-state index contributed by atoms with van der Waals surface area (Å²) < 4.78 is 1.35. The van der Waals surface area contributed by atoms with Crippen molar-refractivity contribution < 1.29 is 4.79 Å². The summed E-state index contributed by atoms with van der Waals surface area (Å²) >= 11 is 5.70. The smallest absolute Gasteiger partial charge is 0.267 e. The monoisotopic (exact) mass is 168 g/mol. The number of nitrogens with zero attached hydrogens (tertiary/aromatic N) is 2. The van der Waals surface area contributed by atoms with Gasteiger partial charge >= 0.3 is 0 Å². The Kier molecular flexibility index (Phi) is 1.32. The Balaban J connectivity index is 2.54. The summed E-state index contributed by atoms with van der Waals surface area (Å²) in [5, 5.41) is 4.41. The van der Waals surface area contributed by atoms with Gasteiger partial charge in [-0.1, -0.05) is 11.6 Å². The van der Waals surface area contributed by atoms with Crippen LogP contribution in [0.15, 0.2) is 23.4 Å². The lowest BCUT2D eigenvalue weighted by Crippen LogP contribution is -2.17. The molecular weight excluding hydrogens is 164 g/mol. The third kappa shape index (κ3) is 0.973. The molecule has 0 unspecified atom stereocenters. The lowest BCUT2D eigenvalue weighted by Gasteiger charge is -2.07. The molecule has 1 aromatic heterocycles. The largest absolute Gasteiger partial charge is 0.272 e. The van der Waals surface area contributed by atoms with Gasteiger partial charge in [-0.05, 0) is 6.07 Å². The van der Waals surface area contributed by atoms with E-state index in [-0.39, 0.29) is 5.91 Å². The Hall–Kier alpha value is -1.09. The first-order chi connectivity index (χ1) is 5.27. The first kappa shape index (κ1) is 6.61. The molecular formula is C7H5ClN2O. The molecule has 0 saturated heterocycles. The summed E-state index contributed by atoms with van der Waals surface area (Å²) in [6, 6.07) is 1.78. The molecule has 0 N–H and O–H groups in total. The van der Waals surface area contributed by atoms with Crippen molar-refractivity contribution in [2.45, 2.75) is 6.42 Å². The van der Waals surface area contributed by atoms with E-state index in [0.717, 1.165) is 5.69 Å². The SMILES string of the molecule is O=C1C=C(Cl)Cc2ccnn21. The molecule has 0 bridgehead atoms. The fraction of sp³-hybridized carbons (Fsp3) is 0.143. The predicted molar refractivity (Wildman–Crippen MR) is 40.5 cm³/mol. The van der Waals surface area contributed by atoms with Crippen LogP contribution in [0, 0.1) is 0 Å². The van der Waals surface area contributed by atoms with Crippen molar-refractivity contribution >= 4 is 17.5 Å². The van der Waals surface area contributed by atoms with Crippen LogP contribution >= 0.6 is 11.6 Å². The summed E-state index contributed by atoms with van der Waals surface area (Å²) in [4.78, 5) is 11.1. The van der Waals surface area contributed by atoms with Crippen LogP contribution in [0.5, 0.6) is 0 Å². The minimum Gasteiger partial charge on any atom is -0.267 e. The van der Waals surface area contributed by atoms with Crippen LogP contribution in [0.25, 0.3) is 0 Å². The number of rotatable bonds is 0. The zero-order chi connectivity index (χ0) is 7.84. The van der Waals surface area contributed by atoms with Gasteiger partial charge in [0.2, 0.25) is 0 Å². The quantitative estimate of drug-likeness (QED) is 0.584. The van der Waals surface area contributed by atoms with Gasteiger partial charge in [0, 0.05) is 23.7 Å². The van der Waals surface area contributed by atoms with Gasteiger partial charge < -0.3 is 0 Å². The second-order valence-corrected chi connectivity index (χ2v) is 2.83. The molecule has 0 radical (unpaired) electrons. The van der Waals surface area contributed by atoms with Crippen LogP contribution in [0.4, 0.5) is 0 Å². The Morgan fingerprint density at radius 2 is 2.45 bits per heavy atom. The van der Waals surface area contributed by atoms with Crippen molar-refractivity contribution in [1.82, 2.24) is 9.78 Å². The second-order valence-electron chi connectivity index (χ2n) is 2.34. The number of aromatic nitrogens is 2. The summed E-state index contributed by atoms with van der Waals surface area (Å²) in [7, 11) is 0. The Labute approximate surface area is 68.3 Å². The number of hydrogen-bond acceptors (Lipinski definition) is 2. The lowest BCUT2D eigenvalue weighted by molar-refractivity contribution is 0.0947. The zero-order valence-corrected chi connectivity index (χ0v) is 6.38. The number of fused-ring (bicyclic) bond motifs is 1. The van der Waals surface area contributed by atoms with Crippen LogP contribution in [0.1, 0.15) is 10.5 Å². The maximum absolute atomic E-state index is 11.1. The number of halogens is 1. The molecule has 3 nitrogen and oxygen atoms in total. The fourth-order valence-electron chi connectivity index (χ4n) is 1.08. The summed E-state index contributed by atoms with van der Waals surface area (Å²) in [6.07, 6.45) is 3.59. The molecule has 0 fully saturated rings. The maximum Gasteiger partial charge on any atom is 0.272 e. The van der Waals surface area contributed by atoms with E-state index in [1.165, 1.54) is 10.8 Å². The minimum absolute atomic E-state index is 0.166. The van der Waals surface area contributed by atoms with E-state index in [1.54, 1.807) is 12.3 Å². The molecule has 11 heavy (non-hydrogen) atoms. The lowest BCUT2D eigenvalue weighted by atomic mass is 10.2. The molecule has 1 aliphatic heterocycles. The van der Waals surface area contributed by atoms with Crippen LogP contribution < -0.4 is 0 Å². The predicted octanol–water partition coefficient (Wildman–Crippen LogP) is 1.20. The van der Waals surface area contributed by atoms with Gasteiger partial charge in [0.05, 0.1) is 5.69 Å². The fourth-order valence-corrected chi connectivity index (χ4v) is 1.31. The van der Waals surface area contributed by atoms with Crippen molar-refractivity contribution in [3.63, 3.8) is 0 Å². The van der Waals surface area contributed by atoms with E-state index >= 15 is 0 Å². The van der Waals surface area contributed by atoms with Crippen LogP contribution in [-0.4, -0.2) is 15.7 Å². The van der Waals surface area contributed by atoms with Crippen molar-refractivity contribution in [2.75, 3.05) is 0 Å². The Bertz CT molecular complexity index is 340. The highest BCUT2D eigenvalue weighted by atomic mass is 35.5. The first-order valence-corrected chi connectivity index (χ1v) is 3.58. The van der Waals surface area contributed by atoms with Gasteiger partial charge in [-0.15, -0.1) is 0 Å². The number of hydrogen-bond donors (Lipinski definition) is 0. The second kappa shape index (κ2) is 2.20. The summed E-state index contributed by atoms with van der Waals surface area (Å²) in [5.74, 6) is -0.166. The molecule has 2 heterocycles. The normalized spacial score (nSPS) is 16.1. The van der Waals surface area contributed by atoms with E-state index < -0.39 is 0 Å². The van der Waals surface area contributed by atoms with Gasteiger partial charge in [-0.3, -0.25) is 4.79 Å². The molecule has 0 atom stereocenters. The average Bonchev–Trinajstić information content (AvgIpc) is 2.34. The maximum atomic E-state index is 11.1. The standard InChI is InChI=1S/C7H5ClN2O/c8-5-3-6-1-2-9-10(6)7(11)4-5/h1-2,4H,3H2. The number of carbonyl (C=O) groups is 1. The zero-order valence-electron chi connectivity index (χ0n) is 5.62. The highest BCUT2D eigenvalue weighted by Gasteiger charge is 2.15. The van der Waals surface area contributed by atoms with Crippen LogP contribution in [0.3, 0.4) is 0 Å².